The molecule has 2 rings (SSSR count). The fraction of sp³-hybridized carbons (Fsp3) is 0.235. The van der Waals surface area contributed by atoms with Crippen molar-refractivity contribution in [1.82, 2.24) is 15.6 Å². The van der Waals surface area contributed by atoms with Crippen molar-refractivity contribution in [2.75, 3.05) is 6.54 Å². The van der Waals surface area contributed by atoms with Crippen molar-refractivity contribution in [3.63, 3.8) is 0 Å². The molecule has 0 bridgehead atoms. The van der Waals surface area contributed by atoms with E-state index in [0.717, 1.165) is 5.69 Å². The minimum absolute atomic E-state index is 0.208. The summed E-state index contributed by atoms with van der Waals surface area (Å²) >= 11 is 0. The quantitative estimate of drug-likeness (QED) is 0.850. The predicted octanol–water partition coefficient (Wildman–Crippen LogP) is 1.56. The molecule has 0 fully saturated rings. The monoisotopic (exact) mass is 297 g/mol. The summed E-state index contributed by atoms with van der Waals surface area (Å²) in [4.78, 5) is 28.1. The average molecular weight is 297 g/mol. The van der Waals surface area contributed by atoms with E-state index in [1.165, 1.54) is 0 Å². The Balaban J connectivity index is 1.76. The standard InChI is InChI=1S/C17H19N3O2/c1-13(20-17(22)14-7-3-2-4-8-14)16(21)19-12-10-15-9-5-6-11-18-15/h2-9,11,13H,10,12H2,1H3,(H,19,21)(H,20,22). The van der Waals surface area contributed by atoms with Crippen molar-refractivity contribution in [3.8, 4) is 0 Å². The molecule has 1 aromatic carbocycles. The number of benzene rings is 1. The molecule has 1 atom stereocenters. The zero-order valence-electron chi connectivity index (χ0n) is 12.5. The number of nitrogens with one attached hydrogen (secondary N) is 2. The maximum atomic E-state index is 12.0. The van der Waals surface area contributed by atoms with Crippen LogP contribution in [-0.4, -0.2) is 29.4 Å². The fourth-order valence-corrected chi connectivity index (χ4v) is 1.95. The van der Waals surface area contributed by atoms with E-state index in [1.54, 1.807) is 37.4 Å². The van der Waals surface area contributed by atoms with Gasteiger partial charge in [-0.15, -0.1) is 0 Å². The largest absolute Gasteiger partial charge is 0.354 e. The van der Waals surface area contributed by atoms with Gasteiger partial charge < -0.3 is 10.6 Å². The van der Waals surface area contributed by atoms with Gasteiger partial charge in [-0.3, -0.25) is 14.6 Å². The molecular weight excluding hydrogens is 278 g/mol. The van der Waals surface area contributed by atoms with Crippen molar-refractivity contribution in [3.05, 3.63) is 66.0 Å². The molecule has 0 spiro atoms. The SMILES string of the molecule is CC(NC(=O)c1ccccc1)C(=O)NCCc1ccccn1. The van der Waals surface area contributed by atoms with E-state index in [1.807, 2.05) is 24.3 Å². The number of carbonyl (C=O) groups excluding carboxylic acids is 2. The molecule has 1 heterocycles. The van der Waals surface area contributed by atoms with E-state index in [-0.39, 0.29) is 11.8 Å². The van der Waals surface area contributed by atoms with Gasteiger partial charge in [-0.2, -0.15) is 0 Å². The first-order valence-electron chi connectivity index (χ1n) is 7.20. The topological polar surface area (TPSA) is 71.1 Å². The van der Waals surface area contributed by atoms with Gasteiger partial charge in [0.1, 0.15) is 6.04 Å². The minimum atomic E-state index is -0.587. The van der Waals surface area contributed by atoms with Gasteiger partial charge >= 0.3 is 0 Å². The fourth-order valence-electron chi connectivity index (χ4n) is 1.95. The van der Waals surface area contributed by atoms with Gasteiger partial charge in [-0.25, -0.2) is 0 Å². The third-order valence-corrected chi connectivity index (χ3v) is 3.18. The van der Waals surface area contributed by atoms with Gasteiger partial charge in [0.2, 0.25) is 5.91 Å². The summed E-state index contributed by atoms with van der Waals surface area (Å²) in [5, 5.41) is 5.47. The summed E-state index contributed by atoms with van der Waals surface area (Å²) in [5.41, 5.74) is 1.46. The lowest BCUT2D eigenvalue weighted by atomic mass is 10.2. The van der Waals surface area contributed by atoms with Crippen LogP contribution >= 0.6 is 0 Å². The number of amides is 2. The number of hydrogen-bond acceptors (Lipinski definition) is 3. The smallest absolute Gasteiger partial charge is 0.251 e. The van der Waals surface area contributed by atoms with E-state index in [9.17, 15) is 9.59 Å². The first-order chi connectivity index (χ1) is 10.7. The lowest BCUT2D eigenvalue weighted by Gasteiger charge is -2.14. The third-order valence-electron chi connectivity index (χ3n) is 3.18. The zero-order valence-corrected chi connectivity index (χ0v) is 12.5. The second-order valence-corrected chi connectivity index (χ2v) is 4.92. The van der Waals surface area contributed by atoms with E-state index < -0.39 is 6.04 Å². The molecule has 5 nitrogen and oxygen atoms in total. The summed E-state index contributed by atoms with van der Waals surface area (Å²) in [6.07, 6.45) is 2.38. The molecule has 0 aliphatic rings. The van der Waals surface area contributed by atoms with Crippen LogP contribution in [0.4, 0.5) is 0 Å². The molecule has 2 amide bonds. The molecule has 1 aromatic heterocycles. The van der Waals surface area contributed by atoms with Crippen LogP contribution in [0.15, 0.2) is 54.7 Å². The maximum Gasteiger partial charge on any atom is 0.251 e. The lowest BCUT2D eigenvalue weighted by molar-refractivity contribution is -0.122. The van der Waals surface area contributed by atoms with Crippen molar-refractivity contribution in [2.45, 2.75) is 19.4 Å². The average Bonchev–Trinajstić information content (AvgIpc) is 2.56. The van der Waals surface area contributed by atoms with Crippen LogP contribution in [0.1, 0.15) is 23.0 Å². The highest BCUT2D eigenvalue weighted by atomic mass is 16.2. The van der Waals surface area contributed by atoms with Crippen LogP contribution in [0.25, 0.3) is 0 Å². The molecule has 114 valence electrons. The molecule has 0 aliphatic heterocycles. The Labute approximate surface area is 129 Å². The van der Waals surface area contributed by atoms with Crippen LogP contribution in [0.3, 0.4) is 0 Å². The lowest BCUT2D eigenvalue weighted by Crippen LogP contribution is -2.45. The van der Waals surface area contributed by atoms with E-state index in [2.05, 4.69) is 15.6 Å². The van der Waals surface area contributed by atoms with Crippen molar-refractivity contribution in [1.29, 1.82) is 0 Å². The van der Waals surface area contributed by atoms with E-state index in [0.29, 0.717) is 18.5 Å². The highest BCUT2D eigenvalue weighted by Crippen LogP contribution is 1.99. The molecule has 2 N–H and O–H groups in total. The predicted molar refractivity (Wildman–Crippen MR) is 84.3 cm³/mol. The Morgan fingerprint density at radius 1 is 1.09 bits per heavy atom. The van der Waals surface area contributed by atoms with Gasteiger partial charge in [0.25, 0.3) is 5.91 Å². The minimum Gasteiger partial charge on any atom is -0.354 e. The second kappa shape index (κ2) is 7.93. The second-order valence-electron chi connectivity index (χ2n) is 4.92. The number of aromatic nitrogens is 1. The summed E-state index contributed by atoms with van der Waals surface area (Å²) < 4.78 is 0. The van der Waals surface area contributed by atoms with Crippen LogP contribution in [0.5, 0.6) is 0 Å². The molecule has 0 radical (unpaired) electrons. The Kier molecular flexibility index (Phi) is 5.65. The molecule has 0 aliphatic carbocycles. The highest BCUT2D eigenvalue weighted by molar-refractivity contribution is 5.97. The first kappa shape index (κ1) is 15.7. The summed E-state index contributed by atoms with van der Waals surface area (Å²) in [6, 6.07) is 13.9. The number of rotatable bonds is 6. The number of pyridine rings is 1. The normalized spacial score (nSPS) is 11.5. The summed E-state index contributed by atoms with van der Waals surface area (Å²) in [6.45, 7) is 2.15. The molecule has 1 unspecified atom stereocenters. The Morgan fingerprint density at radius 2 is 1.82 bits per heavy atom. The Bertz CT molecular complexity index is 614. The number of carbonyl (C=O) groups is 2. The van der Waals surface area contributed by atoms with E-state index in [4.69, 9.17) is 0 Å². The van der Waals surface area contributed by atoms with Crippen molar-refractivity contribution in [2.24, 2.45) is 0 Å². The number of hydrogen-bond donors (Lipinski definition) is 2. The molecule has 2 aromatic rings. The van der Waals surface area contributed by atoms with Gasteiger partial charge in [0.15, 0.2) is 0 Å². The summed E-state index contributed by atoms with van der Waals surface area (Å²) in [7, 11) is 0. The molecular formula is C17H19N3O2. The molecule has 0 saturated carbocycles. The van der Waals surface area contributed by atoms with Gasteiger partial charge in [-0.05, 0) is 31.2 Å². The van der Waals surface area contributed by atoms with Crippen molar-refractivity contribution >= 4 is 11.8 Å². The Hall–Kier alpha value is -2.69. The van der Waals surface area contributed by atoms with Gasteiger partial charge in [0, 0.05) is 30.4 Å². The third kappa shape index (κ3) is 4.70. The van der Waals surface area contributed by atoms with Crippen LogP contribution in [0.2, 0.25) is 0 Å². The van der Waals surface area contributed by atoms with E-state index >= 15 is 0 Å². The van der Waals surface area contributed by atoms with Crippen molar-refractivity contribution < 1.29 is 9.59 Å². The highest BCUT2D eigenvalue weighted by Gasteiger charge is 2.15. The zero-order chi connectivity index (χ0) is 15.8. The van der Waals surface area contributed by atoms with Crippen LogP contribution < -0.4 is 10.6 Å². The van der Waals surface area contributed by atoms with Crippen LogP contribution in [0, 0.1) is 0 Å². The molecule has 22 heavy (non-hydrogen) atoms. The first-order valence-corrected chi connectivity index (χ1v) is 7.20. The van der Waals surface area contributed by atoms with Gasteiger partial charge in [-0.1, -0.05) is 24.3 Å². The van der Waals surface area contributed by atoms with Crippen LogP contribution in [-0.2, 0) is 11.2 Å². The summed E-state index contributed by atoms with van der Waals surface area (Å²) in [5.74, 6) is -0.465. The van der Waals surface area contributed by atoms with Gasteiger partial charge in [0.05, 0.1) is 0 Å². The molecule has 0 saturated heterocycles. The Morgan fingerprint density at radius 3 is 2.50 bits per heavy atom. The molecule has 5 heteroatoms. The number of nitrogens with zero attached hydrogens (tertiary/aromatic N) is 1. The maximum absolute atomic E-state index is 12.0.